The second-order valence-electron chi connectivity index (χ2n) is 23.9. The van der Waals surface area contributed by atoms with Crippen LogP contribution in [0.15, 0.2) is 0 Å². The highest BCUT2D eigenvalue weighted by Crippen LogP contribution is 2.28. The van der Waals surface area contributed by atoms with Gasteiger partial charge >= 0.3 is 0 Å². The largest absolute Gasteiger partial charge is 0.392 e. The number of nitrogens with zero attached hydrogens (tertiary/aromatic N) is 2. The van der Waals surface area contributed by atoms with Gasteiger partial charge in [0, 0.05) is 62.6 Å². The molecular formula is C66H132N2O6S2. The van der Waals surface area contributed by atoms with Crippen LogP contribution in [0.5, 0.6) is 0 Å². The van der Waals surface area contributed by atoms with Crippen molar-refractivity contribution in [2.24, 2.45) is 0 Å². The molecule has 6 unspecified atom stereocenters. The Morgan fingerprint density at radius 3 is 0.658 bits per heavy atom. The first kappa shape index (κ1) is 75.8. The van der Waals surface area contributed by atoms with E-state index in [1.807, 2.05) is 13.8 Å². The van der Waals surface area contributed by atoms with E-state index in [1.54, 1.807) is 0 Å². The molecule has 0 saturated carbocycles. The summed E-state index contributed by atoms with van der Waals surface area (Å²) in [6.07, 6.45) is 52.3. The van der Waals surface area contributed by atoms with E-state index in [2.05, 4.69) is 37.5 Å². The van der Waals surface area contributed by atoms with Crippen LogP contribution in [0.25, 0.3) is 0 Å². The van der Waals surface area contributed by atoms with Gasteiger partial charge in [0.2, 0.25) is 0 Å². The molecule has 0 spiro atoms. The molecule has 0 aromatic rings. The highest BCUT2D eigenvalue weighted by Gasteiger charge is 2.24. The van der Waals surface area contributed by atoms with Gasteiger partial charge in [0.25, 0.3) is 0 Å². The lowest BCUT2D eigenvalue weighted by molar-refractivity contribution is -0.112. The van der Waals surface area contributed by atoms with Crippen LogP contribution in [0.3, 0.4) is 0 Å². The summed E-state index contributed by atoms with van der Waals surface area (Å²) < 4.78 is 0. The highest BCUT2D eigenvalue weighted by atomic mass is 32.2. The predicted molar refractivity (Wildman–Crippen MR) is 336 cm³/mol. The molecule has 0 aliphatic rings. The fourth-order valence-electron chi connectivity index (χ4n) is 10.8. The summed E-state index contributed by atoms with van der Waals surface area (Å²) in [5.74, 6) is 0. The Bertz CT molecular complexity index is 1060. The molecule has 0 aromatic carbocycles. The highest BCUT2D eigenvalue weighted by molar-refractivity contribution is 8.17. The van der Waals surface area contributed by atoms with E-state index in [4.69, 9.17) is 0 Å². The number of carbonyl (C=O) groups excluding carboxylic acids is 2. The van der Waals surface area contributed by atoms with E-state index in [0.717, 1.165) is 77.0 Å². The van der Waals surface area contributed by atoms with Crippen LogP contribution in [0.1, 0.15) is 337 Å². The van der Waals surface area contributed by atoms with E-state index in [0.29, 0.717) is 52.1 Å². The first-order valence-electron chi connectivity index (χ1n) is 33.5. The van der Waals surface area contributed by atoms with Gasteiger partial charge in [-0.2, -0.15) is 0 Å². The first-order valence-corrected chi connectivity index (χ1v) is 35.3. The molecule has 0 aliphatic heterocycles. The Balaban J connectivity index is 5.18. The molecule has 0 fully saturated rings. The van der Waals surface area contributed by atoms with E-state index >= 15 is 0 Å². The Hall–Kier alpha value is -0.200. The lowest BCUT2D eigenvalue weighted by atomic mass is 10.0. The van der Waals surface area contributed by atoms with Crippen molar-refractivity contribution >= 4 is 33.8 Å². The molecule has 0 aliphatic carbocycles. The van der Waals surface area contributed by atoms with Crippen molar-refractivity contribution in [2.75, 3.05) is 39.3 Å². The minimum atomic E-state index is -0.473. The monoisotopic (exact) mass is 1110 g/mol. The molecule has 0 radical (unpaired) electrons. The first-order chi connectivity index (χ1) is 36.9. The maximum absolute atomic E-state index is 13.5. The Kier molecular flexibility index (Phi) is 57.9. The van der Waals surface area contributed by atoms with Crippen molar-refractivity contribution in [3.63, 3.8) is 0 Å². The van der Waals surface area contributed by atoms with Gasteiger partial charge in [0.05, 0.1) is 24.4 Å². The lowest BCUT2D eigenvalue weighted by Crippen LogP contribution is -2.39. The van der Waals surface area contributed by atoms with Gasteiger partial charge in [-0.25, -0.2) is 0 Å². The Morgan fingerprint density at radius 1 is 0.303 bits per heavy atom. The molecule has 4 N–H and O–H groups in total. The zero-order chi connectivity index (χ0) is 56.0. The van der Waals surface area contributed by atoms with Crippen LogP contribution < -0.4 is 0 Å². The van der Waals surface area contributed by atoms with Gasteiger partial charge in [0.15, 0.2) is 10.2 Å². The van der Waals surface area contributed by atoms with Crippen LogP contribution in [0.2, 0.25) is 0 Å². The molecule has 0 aromatic heterocycles. The van der Waals surface area contributed by atoms with Crippen LogP contribution >= 0.6 is 23.5 Å². The average molecular weight is 1110 g/mol. The summed E-state index contributed by atoms with van der Waals surface area (Å²) in [6, 6.07) is 0. The second-order valence-corrected chi connectivity index (χ2v) is 26.8. The maximum Gasteiger partial charge on any atom is 0.190 e. The Labute approximate surface area is 482 Å². The quantitative estimate of drug-likeness (QED) is 0.0438. The van der Waals surface area contributed by atoms with E-state index in [9.17, 15) is 30.0 Å². The molecule has 454 valence electrons. The minimum absolute atomic E-state index is 0.0550. The fraction of sp³-hybridized carbons (Fsp3) is 0.970. The molecular weight excluding hydrogens is 981 g/mol. The van der Waals surface area contributed by atoms with Gasteiger partial charge in [-0.05, 0) is 25.7 Å². The van der Waals surface area contributed by atoms with Gasteiger partial charge in [-0.3, -0.25) is 19.4 Å². The van der Waals surface area contributed by atoms with Gasteiger partial charge in [0.1, 0.15) is 0 Å². The number of carbonyl (C=O) groups is 2. The van der Waals surface area contributed by atoms with Crippen molar-refractivity contribution in [1.29, 1.82) is 0 Å². The number of hydrogen-bond donors (Lipinski definition) is 4. The second kappa shape index (κ2) is 58.0. The zero-order valence-corrected chi connectivity index (χ0v) is 53.2. The van der Waals surface area contributed by atoms with E-state index < -0.39 is 24.4 Å². The van der Waals surface area contributed by atoms with Crippen molar-refractivity contribution in [2.45, 2.75) is 372 Å². The predicted octanol–water partition coefficient (Wildman–Crippen LogP) is 18.4. The third kappa shape index (κ3) is 53.1. The van der Waals surface area contributed by atoms with Crippen LogP contribution in [0.4, 0.5) is 0 Å². The summed E-state index contributed by atoms with van der Waals surface area (Å²) in [5.41, 5.74) is 0. The van der Waals surface area contributed by atoms with Gasteiger partial charge in [-0.15, -0.1) is 0 Å². The molecule has 0 rings (SSSR count). The average Bonchev–Trinajstić information content (AvgIpc) is 3.39. The van der Waals surface area contributed by atoms with Crippen molar-refractivity contribution < 1.29 is 30.0 Å². The molecule has 0 bridgehead atoms. The molecule has 6 atom stereocenters. The molecule has 10 heteroatoms. The summed E-state index contributed by atoms with van der Waals surface area (Å²) in [7, 11) is 0. The molecule has 0 heterocycles. The summed E-state index contributed by atoms with van der Waals surface area (Å²) >= 11 is 2.64. The standard InChI is InChI=1S/C66H132N2O6S2/c1-7-11-15-19-23-27-31-35-39-43-47-61(69)55-67(56-62(70)48-44-40-36-32-28-24-20-16-12-8-2)53-51-65(73)75-59(5)60(6)76-66(74)52-54-68(57-63(71)49-45-41-37-33-29-25-21-17-13-9-3)58-64(72)50-46-42-38-34-30-26-22-18-14-10-4/h59-64,69-72H,7-58H2,1-6H3. The summed E-state index contributed by atoms with van der Waals surface area (Å²) in [4.78, 5) is 31.3. The van der Waals surface area contributed by atoms with Crippen molar-refractivity contribution in [1.82, 2.24) is 9.80 Å². The van der Waals surface area contributed by atoms with Crippen molar-refractivity contribution in [3.8, 4) is 0 Å². The number of hydrogen-bond acceptors (Lipinski definition) is 10. The number of unbranched alkanes of at least 4 members (excludes halogenated alkanes) is 36. The molecule has 0 amide bonds. The fourth-order valence-corrected chi connectivity index (χ4v) is 12.7. The topological polar surface area (TPSA) is 122 Å². The SMILES string of the molecule is CCCCCCCCCCCCC(O)CN(CCC(=O)SC(C)C(C)SC(=O)CCN(CC(O)CCCCCCCCCCCC)CC(O)CCCCCCCCCCCC)CC(O)CCCCCCCCCCCC. The smallest absolute Gasteiger partial charge is 0.190 e. The van der Waals surface area contributed by atoms with Gasteiger partial charge < -0.3 is 20.4 Å². The number of aliphatic hydroxyl groups excluding tert-OH is 4. The number of thioether (sulfide) groups is 2. The maximum atomic E-state index is 13.5. The normalized spacial score (nSPS) is 14.4. The minimum Gasteiger partial charge on any atom is -0.392 e. The molecule has 76 heavy (non-hydrogen) atoms. The number of rotatable bonds is 61. The van der Waals surface area contributed by atoms with Crippen LogP contribution in [-0.4, -0.2) is 115 Å². The zero-order valence-electron chi connectivity index (χ0n) is 51.5. The lowest BCUT2D eigenvalue weighted by Gasteiger charge is -2.28. The Morgan fingerprint density at radius 2 is 0.474 bits per heavy atom. The van der Waals surface area contributed by atoms with E-state index in [1.165, 1.54) is 229 Å². The van der Waals surface area contributed by atoms with Crippen LogP contribution in [0, 0.1) is 0 Å². The van der Waals surface area contributed by atoms with Crippen molar-refractivity contribution in [3.05, 3.63) is 0 Å². The number of aliphatic hydroxyl groups is 4. The molecule has 0 saturated heterocycles. The van der Waals surface area contributed by atoms with E-state index in [-0.39, 0.29) is 20.7 Å². The third-order valence-electron chi connectivity index (χ3n) is 16.0. The third-order valence-corrected chi connectivity index (χ3v) is 18.7. The summed E-state index contributed by atoms with van der Waals surface area (Å²) in [5, 5.41) is 44.7. The van der Waals surface area contributed by atoms with Gasteiger partial charge in [-0.1, -0.05) is 322 Å². The molecule has 8 nitrogen and oxygen atoms in total. The van der Waals surface area contributed by atoms with Crippen LogP contribution in [-0.2, 0) is 9.59 Å². The summed E-state index contributed by atoms with van der Waals surface area (Å²) in [6.45, 7) is 16.1.